The zero-order chi connectivity index (χ0) is 17.6. The molecule has 3 rings (SSSR count). The molecule has 0 radical (unpaired) electrons. The number of nitrogens with one attached hydrogen (secondary N) is 1. The molecule has 4 nitrogen and oxygen atoms in total. The lowest BCUT2D eigenvalue weighted by molar-refractivity contribution is -0.113. The maximum atomic E-state index is 12.4. The molecule has 0 spiro atoms. The number of anilines is 1. The highest BCUT2D eigenvalue weighted by molar-refractivity contribution is 8.00. The Morgan fingerprint density at radius 3 is 2.60 bits per heavy atom. The van der Waals surface area contributed by atoms with Crippen LogP contribution in [0.5, 0.6) is 11.5 Å². The van der Waals surface area contributed by atoms with E-state index in [4.69, 9.17) is 9.47 Å². The minimum absolute atomic E-state index is 0.0931. The first-order valence-electron chi connectivity index (χ1n) is 7.83. The fourth-order valence-electron chi connectivity index (χ4n) is 2.56. The molecule has 0 heterocycles. The lowest BCUT2D eigenvalue weighted by Gasteiger charge is -2.12. The van der Waals surface area contributed by atoms with Gasteiger partial charge in [-0.15, -0.1) is 11.8 Å². The van der Waals surface area contributed by atoms with Crippen molar-refractivity contribution in [3.63, 3.8) is 0 Å². The quantitative estimate of drug-likeness (QED) is 0.659. The van der Waals surface area contributed by atoms with Crippen molar-refractivity contribution in [2.24, 2.45) is 0 Å². The maximum absolute atomic E-state index is 12.4. The van der Waals surface area contributed by atoms with E-state index in [1.54, 1.807) is 32.4 Å². The van der Waals surface area contributed by atoms with E-state index in [0.717, 1.165) is 10.3 Å². The number of carbonyl (C=O) groups is 1. The monoisotopic (exact) mass is 353 g/mol. The van der Waals surface area contributed by atoms with Gasteiger partial charge >= 0.3 is 0 Å². The van der Waals surface area contributed by atoms with Crippen molar-refractivity contribution in [1.29, 1.82) is 0 Å². The summed E-state index contributed by atoms with van der Waals surface area (Å²) >= 11 is 1.52. The molecular formula is C20H19NO3S. The molecule has 128 valence electrons. The molecule has 0 bridgehead atoms. The zero-order valence-electron chi connectivity index (χ0n) is 14.1. The summed E-state index contributed by atoms with van der Waals surface area (Å²) in [4.78, 5) is 13.5. The Balaban J connectivity index is 1.71. The lowest BCUT2D eigenvalue weighted by atomic mass is 10.1. The summed E-state index contributed by atoms with van der Waals surface area (Å²) in [5.41, 5.74) is 0.602. The van der Waals surface area contributed by atoms with Gasteiger partial charge in [-0.25, -0.2) is 0 Å². The number of fused-ring (bicyclic) bond motifs is 1. The zero-order valence-corrected chi connectivity index (χ0v) is 14.9. The van der Waals surface area contributed by atoms with Crippen LogP contribution in [0.2, 0.25) is 0 Å². The molecule has 25 heavy (non-hydrogen) atoms. The van der Waals surface area contributed by atoms with Gasteiger partial charge in [0.25, 0.3) is 0 Å². The van der Waals surface area contributed by atoms with Crippen molar-refractivity contribution >= 4 is 34.1 Å². The standard InChI is InChI=1S/C20H19NO3S/c1-23-15-10-11-18(24-2)17(12-15)21-20(22)13-25-19-9-5-7-14-6-3-4-8-16(14)19/h3-12H,13H2,1-2H3,(H,21,22). The first-order chi connectivity index (χ1) is 12.2. The van der Waals surface area contributed by atoms with Gasteiger partial charge < -0.3 is 14.8 Å². The van der Waals surface area contributed by atoms with Crippen molar-refractivity contribution in [2.45, 2.75) is 4.90 Å². The summed E-state index contributed by atoms with van der Waals surface area (Å²) in [6.45, 7) is 0. The Morgan fingerprint density at radius 2 is 1.80 bits per heavy atom. The molecule has 0 aliphatic heterocycles. The van der Waals surface area contributed by atoms with Gasteiger partial charge in [-0.1, -0.05) is 36.4 Å². The van der Waals surface area contributed by atoms with Crippen molar-refractivity contribution in [3.05, 3.63) is 60.7 Å². The molecule has 3 aromatic rings. The summed E-state index contributed by atoms with van der Waals surface area (Å²) in [5.74, 6) is 1.49. The first kappa shape index (κ1) is 17.2. The first-order valence-corrected chi connectivity index (χ1v) is 8.82. The van der Waals surface area contributed by atoms with E-state index in [9.17, 15) is 4.79 Å². The van der Waals surface area contributed by atoms with Crippen molar-refractivity contribution in [2.75, 3.05) is 25.3 Å². The Bertz CT molecular complexity index is 890. The van der Waals surface area contributed by atoms with Crippen LogP contribution in [0.15, 0.2) is 65.6 Å². The third-order valence-electron chi connectivity index (χ3n) is 3.79. The van der Waals surface area contributed by atoms with E-state index in [1.165, 1.54) is 17.1 Å². The number of ether oxygens (including phenoxy) is 2. The molecule has 1 amide bonds. The molecule has 0 aliphatic rings. The van der Waals surface area contributed by atoms with E-state index in [1.807, 2.05) is 24.3 Å². The number of methoxy groups -OCH3 is 2. The van der Waals surface area contributed by atoms with Crippen LogP contribution in [0.3, 0.4) is 0 Å². The van der Waals surface area contributed by atoms with Crippen LogP contribution in [0, 0.1) is 0 Å². The summed E-state index contributed by atoms with van der Waals surface area (Å²) < 4.78 is 10.5. The Labute approximate surface area is 151 Å². The molecule has 0 unspecified atom stereocenters. The molecule has 1 N–H and O–H groups in total. The van der Waals surface area contributed by atoms with Crippen molar-refractivity contribution < 1.29 is 14.3 Å². The fraction of sp³-hybridized carbons (Fsp3) is 0.150. The topological polar surface area (TPSA) is 47.6 Å². The van der Waals surface area contributed by atoms with Crippen LogP contribution in [0.25, 0.3) is 10.8 Å². The molecule has 0 saturated heterocycles. The van der Waals surface area contributed by atoms with Gasteiger partial charge in [-0.2, -0.15) is 0 Å². The number of carbonyl (C=O) groups excluding carboxylic acids is 1. The van der Waals surface area contributed by atoms with Crippen LogP contribution in [-0.4, -0.2) is 25.9 Å². The molecule has 0 aromatic heterocycles. The summed E-state index contributed by atoms with van der Waals surface area (Å²) in [7, 11) is 3.16. The smallest absolute Gasteiger partial charge is 0.234 e. The van der Waals surface area contributed by atoms with Crippen LogP contribution in [0.1, 0.15) is 0 Å². The maximum Gasteiger partial charge on any atom is 0.234 e. The molecule has 0 fully saturated rings. The number of benzene rings is 3. The van der Waals surface area contributed by atoms with Gasteiger partial charge in [0.05, 0.1) is 25.7 Å². The van der Waals surface area contributed by atoms with Gasteiger partial charge in [0.1, 0.15) is 11.5 Å². The van der Waals surface area contributed by atoms with Crippen molar-refractivity contribution in [3.8, 4) is 11.5 Å². The highest BCUT2D eigenvalue weighted by Crippen LogP contribution is 2.30. The summed E-state index contributed by atoms with van der Waals surface area (Å²) in [6.07, 6.45) is 0. The van der Waals surface area contributed by atoms with Gasteiger partial charge in [0.2, 0.25) is 5.91 Å². The SMILES string of the molecule is COc1ccc(OC)c(NC(=O)CSc2cccc3ccccc23)c1. The minimum atomic E-state index is -0.0931. The van der Waals surface area contributed by atoms with Crippen LogP contribution < -0.4 is 14.8 Å². The van der Waals surface area contributed by atoms with E-state index in [-0.39, 0.29) is 5.91 Å². The number of rotatable bonds is 6. The number of thioether (sulfide) groups is 1. The van der Waals surface area contributed by atoms with E-state index in [2.05, 4.69) is 23.5 Å². The second kappa shape index (κ2) is 7.94. The summed E-state index contributed by atoms with van der Waals surface area (Å²) in [5, 5.41) is 5.21. The summed E-state index contributed by atoms with van der Waals surface area (Å²) in [6, 6.07) is 19.6. The largest absolute Gasteiger partial charge is 0.497 e. The van der Waals surface area contributed by atoms with E-state index in [0.29, 0.717) is 22.9 Å². The van der Waals surface area contributed by atoms with E-state index >= 15 is 0 Å². The second-order valence-corrected chi connectivity index (χ2v) is 6.40. The van der Waals surface area contributed by atoms with E-state index < -0.39 is 0 Å². The number of hydrogen-bond donors (Lipinski definition) is 1. The highest BCUT2D eigenvalue weighted by atomic mass is 32.2. The Hall–Kier alpha value is -2.66. The highest BCUT2D eigenvalue weighted by Gasteiger charge is 2.10. The minimum Gasteiger partial charge on any atom is -0.497 e. The Morgan fingerprint density at radius 1 is 1.00 bits per heavy atom. The molecule has 5 heteroatoms. The second-order valence-electron chi connectivity index (χ2n) is 5.38. The van der Waals surface area contributed by atoms with Gasteiger partial charge in [-0.05, 0) is 29.0 Å². The third-order valence-corrected chi connectivity index (χ3v) is 4.86. The molecule has 0 saturated carbocycles. The van der Waals surface area contributed by atoms with Gasteiger partial charge in [0, 0.05) is 11.0 Å². The molecule has 3 aromatic carbocycles. The average molecular weight is 353 g/mol. The fourth-order valence-corrected chi connectivity index (χ4v) is 3.44. The molecule has 0 aliphatic carbocycles. The molecule has 0 atom stereocenters. The van der Waals surface area contributed by atoms with Crippen LogP contribution in [0.4, 0.5) is 5.69 Å². The Kier molecular flexibility index (Phi) is 5.46. The third kappa shape index (κ3) is 4.06. The predicted molar refractivity (Wildman–Crippen MR) is 103 cm³/mol. The van der Waals surface area contributed by atoms with Crippen molar-refractivity contribution in [1.82, 2.24) is 0 Å². The lowest BCUT2D eigenvalue weighted by Crippen LogP contribution is -2.14. The molecular weight excluding hydrogens is 334 g/mol. The number of hydrogen-bond acceptors (Lipinski definition) is 4. The average Bonchev–Trinajstić information content (AvgIpc) is 2.66. The van der Waals surface area contributed by atoms with Crippen LogP contribution in [-0.2, 0) is 4.79 Å². The van der Waals surface area contributed by atoms with Crippen LogP contribution >= 0.6 is 11.8 Å². The van der Waals surface area contributed by atoms with Gasteiger partial charge in [0.15, 0.2) is 0 Å². The normalized spacial score (nSPS) is 10.5. The number of amides is 1. The predicted octanol–water partition coefficient (Wildman–Crippen LogP) is 4.59. The van der Waals surface area contributed by atoms with Gasteiger partial charge in [-0.3, -0.25) is 4.79 Å².